The van der Waals surface area contributed by atoms with Crippen LogP contribution in [0.5, 0.6) is 11.5 Å². The van der Waals surface area contributed by atoms with Crippen LogP contribution in [0.1, 0.15) is 20.8 Å². The van der Waals surface area contributed by atoms with Gasteiger partial charge in [-0.15, -0.1) is 0 Å². The van der Waals surface area contributed by atoms with Gasteiger partial charge in [-0.3, -0.25) is 19.9 Å². The minimum atomic E-state index is -0.569. The zero-order valence-corrected chi connectivity index (χ0v) is 15.9. The number of nitrogens with zero attached hydrogens (tertiary/aromatic N) is 2. The first-order valence-electron chi connectivity index (χ1n) is 8.82. The Hall–Kier alpha value is -4.27. The molecule has 0 aliphatic heterocycles. The second-order valence-electron chi connectivity index (χ2n) is 6.01. The molecular formula is C21H18FN5O3. The van der Waals surface area contributed by atoms with Gasteiger partial charge in [-0.05, 0) is 48.5 Å². The van der Waals surface area contributed by atoms with Crippen LogP contribution in [0.3, 0.4) is 0 Å². The minimum absolute atomic E-state index is 0.130. The average molecular weight is 407 g/mol. The Morgan fingerprint density at radius 2 is 1.80 bits per heavy atom. The molecular weight excluding hydrogens is 389 g/mol. The van der Waals surface area contributed by atoms with E-state index in [1.807, 2.05) is 0 Å². The topological polar surface area (TPSA) is 119 Å². The number of halogens is 1. The van der Waals surface area contributed by atoms with Crippen LogP contribution in [0.15, 0.2) is 71.9 Å². The predicted octanol–water partition coefficient (Wildman–Crippen LogP) is 2.75. The number of rotatable bonds is 5. The normalized spacial score (nSPS) is 10.9. The van der Waals surface area contributed by atoms with Crippen molar-refractivity contribution in [1.29, 1.82) is 0 Å². The summed E-state index contributed by atoms with van der Waals surface area (Å²) in [5.74, 6) is -0.596. The van der Waals surface area contributed by atoms with Crippen LogP contribution < -0.4 is 21.1 Å². The van der Waals surface area contributed by atoms with E-state index in [2.05, 4.69) is 20.6 Å². The Labute approximate surface area is 171 Å². The number of hydrogen-bond donors (Lipinski definition) is 3. The standard InChI is InChI=1S/C21H18FN5O3/c1-24-20(29)18-12-17(9-10-25-18)30-16-7-5-15(6-8-16)26-21(23)27-19(28)13-3-2-4-14(22)11-13/h2-12H,1H3,(H,24,29)(H3,23,26,27,28). The number of amides is 2. The number of hydrogen-bond acceptors (Lipinski definition) is 5. The van der Waals surface area contributed by atoms with Crippen molar-refractivity contribution in [1.82, 2.24) is 15.6 Å². The molecule has 0 aliphatic carbocycles. The Kier molecular flexibility index (Phi) is 6.33. The molecule has 0 aliphatic rings. The summed E-state index contributed by atoms with van der Waals surface area (Å²) in [6, 6.07) is 15.0. The van der Waals surface area contributed by atoms with E-state index in [9.17, 15) is 14.0 Å². The zero-order valence-electron chi connectivity index (χ0n) is 15.9. The summed E-state index contributed by atoms with van der Waals surface area (Å²) in [5.41, 5.74) is 6.59. The number of aliphatic imine (C=N–C) groups is 1. The lowest BCUT2D eigenvalue weighted by Gasteiger charge is -2.07. The van der Waals surface area contributed by atoms with Gasteiger partial charge in [0.1, 0.15) is 23.0 Å². The van der Waals surface area contributed by atoms with E-state index in [1.165, 1.54) is 37.5 Å². The van der Waals surface area contributed by atoms with E-state index in [0.29, 0.717) is 17.2 Å². The Balaban J connectivity index is 1.65. The van der Waals surface area contributed by atoms with Crippen LogP contribution >= 0.6 is 0 Å². The van der Waals surface area contributed by atoms with E-state index < -0.39 is 11.7 Å². The van der Waals surface area contributed by atoms with Gasteiger partial charge in [0, 0.05) is 24.9 Å². The van der Waals surface area contributed by atoms with Crippen LogP contribution in [0.2, 0.25) is 0 Å². The third-order valence-corrected chi connectivity index (χ3v) is 3.84. The first kappa shape index (κ1) is 20.5. The molecule has 30 heavy (non-hydrogen) atoms. The fourth-order valence-electron chi connectivity index (χ4n) is 2.44. The van der Waals surface area contributed by atoms with E-state index >= 15 is 0 Å². The van der Waals surface area contributed by atoms with E-state index in [-0.39, 0.29) is 23.1 Å². The van der Waals surface area contributed by atoms with E-state index in [1.54, 1.807) is 30.3 Å². The lowest BCUT2D eigenvalue weighted by molar-refractivity contribution is 0.0954. The van der Waals surface area contributed by atoms with E-state index in [0.717, 1.165) is 6.07 Å². The largest absolute Gasteiger partial charge is 0.457 e. The molecule has 9 heteroatoms. The monoisotopic (exact) mass is 407 g/mol. The summed E-state index contributed by atoms with van der Waals surface area (Å²) in [4.78, 5) is 31.8. The molecule has 8 nitrogen and oxygen atoms in total. The van der Waals surface area contributed by atoms with Gasteiger partial charge < -0.3 is 15.8 Å². The lowest BCUT2D eigenvalue weighted by atomic mass is 10.2. The number of carbonyl (C=O) groups is 2. The first-order valence-corrected chi connectivity index (χ1v) is 8.82. The molecule has 0 bridgehead atoms. The van der Waals surface area contributed by atoms with Gasteiger partial charge >= 0.3 is 0 Å². The molecule has 152 valence electrons. The summed E-state index contributed by atoms with van der Waals surface area (Å²) in [7, 11) is 1.52. The fraction of sp³-hybridized carbons (Fsp3) is 0.0476. The third-order valence-electron chi connectivity index (χ3n) is 3.84. The Morgan fingerprint density at radius 1 is 1.03 bits per heavy atom. The highest BCUT2D eigenvalue weighted by Gasteiger charge is 2.09. The number of aromatic nitrogens is 1. The van der Waals surface area contributed by atoms with Crippen molar-refractivity contribution < 1.29 is 18.7 Å². The maximum atomic E-state index is 13.2. The van der Waals surface area contributed by atoms with Crippen molar-refractivity contribution in [3.63, 3.8) is 0 Å². The highest BCUT2D eigenvalue weighted by atomic mass is 19.1. The maximum absolute atomic E-state index is 13.2. The van der Waals surface area contributed by atoms with Crippen LogP contribution in [0.25, 0.3) is 0 Å². The molecule has 0 unspecified atom stereocenters. The van der Waals surface area contributed by atoms with Crippen molar-refractivity contribution in [3.05, 3.63) is 83.9 Å². The van der Waals surface area contributed by atoms with Crippen molar-refractivity contribution in [2.45, 2.75) is 0 Å². The lowest BCUT2D eigenvalue weighted by Crippen LogP contribution is -2.36. The molecule has 3 rings (SSSR count). The second-order valence-corrected chi connectivity index (χ2v) is 6.01. The molecule has 0 saturated heterocycles. The van der Waals surface area contributed by atoms with Crippen LogP contribution in [-0.2, 0) is 0 Å². The molecule has 0 radical (unpaired) electrons. The second kappa shape index (κ2) is 9.28. The molecule has 0 atom stereocenters. The van der Waals surface area contributed by atoms with Gasteiger partial charge in [-0.2, -0.15) is 0 Å². The van der Waals surface area contributed by atoms with Gasteiger partial charge in [0.25, 0.3) is 11.8 Å². The van der Waals surface area contributed by atoms with Crippen LogP contribution in [0.4, 0.5) is 10.1 Å². The number of ether oxygens (including phenoxy) is 1. The zero-order chi connectivity index (χ0) is 21.5. The molecule has 2 aromatic carbocycles. The van der Waals surface area contributed by atoms with Crippen molar-refractivity contribution in [2.24, 2.45) is 10.7 Å². The van der Waals surface area contributed by atoms with Gasteiger partial charge in [-0.25, -0.2) is 9.38 Å². The summed E-state index contributed by atoms with van der Waals surface area (Å²) >= 11 is 0. The smallest absolute Gasteiger partial charge is 0.269 e. The van der Waals surface area contributed by atoms with Crippen molar-refractivity contribution >= 4 is 23.5 Å². The SMILES string of the molecule is CNC(=O)c1cc(Oc2ccc(N=C(N)NC(=O)c3cccc(F)c3)cc2)ccn1. The highest BCUT2D eigenvalue weighted by molar-refractivity contribution is 6.05. The predicted molar refractivity (Wildman–Crippen MR) is 109 cm³/mol. The number of nitrogens with two attached hydrogens (primary N) is 1. The number of benzene rings is 2. The molecule has 1 heterocycles. The first-order chi connectivity index (χ1) is 14.4. The summed E-state index contributed by atoms with van der Waals surface area (Å²) < 4.78 is 18.9. The fourth-order valence-corrected chi connectivity index (χ4v) is 2.44. The Morgan fingerprint density at radius 3 is 2.50 bits per heavy atom. The summed E-state index contributed by atoms with van der Waals surface area (Å²) in [5, 5.41) is 4.89. The van der Waals surface area contributed by atoms with Gasteiger partial charge in [0.2, 0.25) is 5.96 Å². The van der Waals surface area contributed by atoms with E-state index in [4.69, 9.17) is 10.5 Å². The number of guanidine groups is 1. The molecule has 0 fully saturated rings. The molecule has 2 amide bonds. The third kappa shape index (κ3) is 5.38. The highest BCUT2D eigenvalue weighted by Crippen LogP contribution is 2.24. The van der Waals surface area contributed by atoms with Crippen molar-refractivity contribution in [3.8, 4) is 11.5 Å². The quantitative estimate of drug-likeness (QED) is 0.444. The van der Waals surface area contributed by atoms with Gasteiger partial charge in [0.15, 0.2) is 0 Å². The maximum Gasteiger partial charge on any atom is 0.269 e. The molecule has 0 saturated carbocycles. The van der Waals surface area contributed by atoms with Gasteiger partial charge in [0.05, 0.1) is 5.69 Å². The number of nitrogens with one attached hydrogen (secondary N) is 2. The van der Waals surface area contributed by atoms with Gasteiger partial charge in [-0.1, -0.05) is 6.07 Å². The summed E-state index contributed by atoms with van der Waals surface area (Å²) in [6.07, 6.45) is 1.47. The van der Waals surface area contributed by atoms with Crippen LogP contribution in [-0.4, -0.2) is 29.8 Å². The van der Waals surface area contributed by atoms with Crippen molar-refractivity contribution in [2.75, 3.05) is 7.05 Å². The van der Waals surface area contributed by atoms with Crippen LogP contribution in [0, 0.1) is 5.82 Å². The molecule has 3 aromatic rings. The Bertz CT molecular complexity index is 1100. The number of pyridine rings is 1. The molecule has 4 N–H and O–H groups in total. The summed E-state index contributed by atoms with van der Waals surface area (Å²) in [6.45, 7) is 0. The molecule has 0 spiro atoms. The minimum Gasteiger partial charge on any atom is -0.457 e. The molecule has 1 aromatic heterocycles. The average Bonchev–Trinajstić information content (AvgIpc) is 2.74. The number of carbonyl (C=O) groups excluding carboxylic acids is 2.